The Morgan fingerprint density at radius 1 is 1.35 bits per heavy atom. The summed E-state index contributed by atoms with van der Waals surface area (Å²) in [6.45, 7) is 7.77. The van der Waals surface area contributed by atoms with Gasteiger partial charge in [-0.05, 0) is 38.8 Å². The lowest BCUT2D eigenvalue weighted by Crippen LogP contribution is -2.25. The lowest BCUT2D eigenvalue weighted by Gasteiger charge is -2.19. The summed E-state index contributed by atoms with van der Waals surface area (Å²) in [6.07, 6.45) is 1.77. The second-order valence-electron chi connectivity index (χ2n) is 5.70. The highest BCUT2D eigenvalue weighted by atomic mass is 16.6. The fourth-order valence-corrected chi connectivity index (χ4v) is 2.22. The minimum Gasteiger partial charge on any atom is -0.460 e. The fourth-order valence-electron chi connectivity index (χ4n) is 2.22. The molecule has 0 spiro atoms. The second kappa shape index (κ2) is 4.13. The molecule has 3 heteroatoms. The number of esters is 1. The average molecular weight is 233 g/mol. The molecule has 1 aliphatic carbocycles. The summed E-state index contributed by atoms with van der Waals surface area (Å²) in [5.74, 6) is 0.440. The van der Waals surface area contributed by atoms with Gasteiger partial charge in [0.1, 0.15) is 5.60 Å². The highest BCUT2D eigenvalue weighted by Crippen LogP contribution is 2.53. The van der Waals surface area contributed by atoms with E-state index in [4.69, 9.17) is 4.74 Å². The standard InChI is InChI=1S/C14H19NO2/c1-9-11(10-7-5-6-8-15-10)12(9)13(16)17-14(2,3)4/h5-9,11-12H,1-4H3/t9?,11?,12-/m0/s1. The number of hydrogen-bond donors (Lipinski definition) is 0. The Balaban J connectivity index is 2.04. The van der Waals surface area contributed by atoms with Crippen LogP contribution in [0.5, 0.6) is 0 Å². The molecule has 0 N–H and O–H groups in total. The number of ether oxygens (including phenoxy) is 1. The minimum absolute atomic E-state index is 0.0240. The topological polar surface area (TPSA) is 39.2 Å². The smallest absolute Gasteiger partial charge is 0.310 e. The van der Waals surface area contributed by atoms with Crippen LogP contribution < -0.4 is 0 Å². The van der Waals surface area contributed by atoms with Gasteiger partial charge in [-0.25, -0.2) is 0 Å². The van der Waals surface area contributed by atoms with Gasteiger partial charge in [0.15, 0.2) is 0 Å². The molecule has 0 saturated heterocycles. The Bertz CT molecular complexity index is 408. The van der Waals surface area contributed by atoms with Crippen LogP contribution in [0.2, 0.25) is 0 Å². The van der Waals surface area contributed by atoms with E-state index in [0.717, 1.165) is 5.69 Å². The summed E-state index contributed by atoms with van der Waals surface area (Å²) in [6, 6.07) is 5.82. The van der Waals surface area contributed by atoms with Crippen molar-refractivity contribution in [2.45, 2.75) is 39.2 Å². The van der Waals surface area contributed by atoms with E-state index >= 15 is 0 Å². The van der Waals surface area contributed by atoms with Crippen LogP contribution in [-0.2, 0) is 9.53 Å². The molecule has 3 atom stereocenters. The molecule has 0 bridgehead atoms. The van der Waals surface area contributed by atoms with Gasteiger partial charge in [-0.1, -0.05) is 13.0 Å². The molecule has 2 rings (SSSR count). The first-order chi connectivity index (χ1) is 7.90. The molecule has 0 aromatic carbocycles. The summed E-state index contributed by atoms with van der Waals surface area (Å²) in [4.78, 5) is 16.3. The molecule has 1 aliphatic rings. The third kappa shape index (κ3) is 2.65. The predicted molar refractivity (Wildman–Crippen MR) is 65.5 cm³/mol. The molecule has 92 valence electrons. The van der Waals surface area contributed by atoms with Gasteiger partial charge in [-0.2, -0.15) is 0 Å². The van der Waals surface area contributed by atoms with Crippen LogP contribution in [0.15, 0.2) is 24.4 Å². The summed E-state index contributed by atoms with van der Waals surface area (Å²) < 4.78 is 5.42. The van der Waals surface area contributed by atoms with Crippen LogP contribution in [0, 0.1) is 11.8 Å². The van der Waals surface area contributed by atoms with Crippen LogP contribution in [-0.4, -0.2) is 16.6 Å². The molecular weight excluding hydrogens is 214 g/mol. The first-order valence-corrected chi connectivity index (χ1v) is 6.04. The quantitative estimate of drug-likeness (QED) is 0.737. The van der Waals surface area contributed by atoms with E-state index in [2.05, 4.69) is 11.9 Å². The van der Waals surface area contributed by atoms with E-state index in [1.807, 2.05) is 39.0 Å². The largest absolute Gasteiger partial charge is 0.460 e. The molecule has 0 aliphatic heterocycles. The number of carbonyl (C=O) groups is 1. The first-order valence-electron chi connectivity index (χ1n) is 6.04. The molecule has 2 unspecified atom stereocenters. The van der Waals surface area contributed by atoms with E-state index in [0.29, 0.717) is 5.92 Å². The first kappa shape index (κ1) is 12.1. The van der Waals surface area contributed by atoms with Crippen molar-refractivity contribution < 1.29 is 9.53 Å². The zero-order valence-electron chi connectivity index (χ0n) is 10.8. The number of rotatable bonds is 2. The maximum absolute atomic E-state index is 12.0. The predicted octanol–water partition coefficient (Wildman–Crippen LogP) is 2.77. The number of carbonyl (C=O) groups excluding carboxylic acids is 1. The van der Waals surface area contributed by atoms with Crippen molar-refractivity contribution in [3.63, 3.8) is 0 Å². The average Bonchev–Trinajstić information content (AvgIpc) is 2.89. The SMILES string of the molecule is CC1C(c2ccccn2)[C@H]1C(=O)OC(C)(C)C. The van der Waals surface area contributed by atoms with Crippen molar-refractivity contribution >= 4 is 5.97 Å². The molecule has 1 fully saturated rings. The van der Waals surface area contributed by atoms with Gasteiger partial charge >= 0.3 is 5.97 Å². The van der Waals surface area contributed by atoms with Gasteiger partial charge in [0.05, 0.1) is 5.92 Å². The maximum Gasteiger partial charge on any atom is 0.310 e. The normalized spacial score (nSPS) is 27.6. The lowest BCUT2D eigenvalue weighted by molar-refractivity contribution is -0.156. The van der Waals surface area contributed by atoms with Crippen LogP contribution in [0.25, 0.3) is 0 Å². The Hall–Kier alpha value is -1.38. The summed E-state index contributed by atoms with van der Waals surface area (Å²) in [5.41, 5.74) is 0.587. The van der Waals surface area contributed by atoms with Crippen molar-refractivity contribution in [3.8, 4) is 0 Å². The van der Waals surface area contributed by atoms with Crippen LogP contribution in [0.3, 0.4) is 0 Å². The second-order valence-corrected chi connectivity index (χ2v) is 5.70. The monoisotopic (exact) mass is 233 g/mol. The van der Waals surface area contributed by atoms with Gasteiger partial charge in [0, 0.05) is 17.8 Å². The Labute approximate surface area is 102 Å². The number of hydrogen-bond acceptors (Lipinski definition) is 3. The van der Waals surface area contributed by atoms with E-state index in [1.54, 1.807) is 6.20 Å². The molecule has 1 heterocycles. The Kier molecular flexibility index (Phi) is 2.94. The third-order valence-electron chi connectivity index (χ3n) is 3.09. The number of pyridine rings is 1. The summed E-state index contributed by atoms with van der Waals surface area (Å²) in [7, 11) is 0. The highest BCUT2D eigenvalue weighted by molar-refractivity contribution is 5.78. The van der Waals surface area contributed by atoms with Crippen molar-refractivity contribution in [1.82, 2.24) is 4.98 Å². The molecule has 1 saturated carbocycles. The van der Waals surface area contributed by atoms with Gasteiger partial charge in [0.25, 0.3) is 0 Å². The molecule has 17 heavy (non-hydrogen) atoms. The maximum atomic E-state index is 12.0. The van der Waals surface area contributed by atoms with E-state index in [-0.39, 0.29) is 17.8 Å². The molecule has 1 aromatic heterocycles. The summed E-state index contributed by atoms with van der Waals surface area (Å²) >= 11 is 0. The zero-order chi connectivity index (χ0) is 12.6. The van der Waals surface area contributed by atoms with Gasteiger partial charge in [0.2, 0.25) is 0 Å². The van der Waals surface area contributed by atoms with E-state index in [9.17, 15) is 4.79 Å². The van der Waals surface area contributed by atoms with Gasteiger partial charge in [-0.3, -0.25) is 9.78 Å². The minimum atomic E-state index is -0.409. The molecule has 3 nitrogen and oxygen atoms in total. The van der Waals surface area contributed by atoms with E-state index < -0.39 is 5.60 Å². The highest BCUT2D eigenvalue weighted by Gasteiger charge is 2.54. The van der Waals surface area contributed by atoms with E-state index in [1.165, 1.54) is 0 Å². The fraction of sp³-hybridized carbons (Fsp3) is 0.571. The lowest BCUT2D eigenvalue weighted by atomic mass is 10.2. The number of nitrogens with zero attached hydrogens (tertiary/aromatic N) is 1. The Morgan fingerprint density at radius 2 is 2.06 bits per heavy atom. The third-order valence-corrected chi connectivity index (χ3v) is 3.09. The summed E-state index contributed by atoms with van der Waals surface area (Å²) in [5, 5.41) is 0. The van der Waals surface area contributed by atoms with Crippen LogP contribution >= 0.6 is 0 Å². The molecule has 0 radical (unpaired) electrons. The van der Waals surface area contributed by atoms with Crippen molar-refractivity contribution in [2.75, 3.05) is 0 Å². The molecule has 0 amide bonds. The zero-order valence-corrected chi connectivity index (χ0v) is 10.8. The van der Waals surface area contributed by atoms with Crippen molar-refractivity contribution in [2.24, 2.45) is 11.8 Å². The van der Waals surface area contributed by atoms with Crippen molar-refractivity contribution in [1.29, 1.82) is 0 Å². The van der Waals surface area contributed by atoms with Gasteiger partial charge in [-0.15, -0.1) is 0 Å². The Morgan fingerprint density at radius 3 is 2.59 bits per heavy atom. The van der Waals surface area contributed by atoms with Crippen LogP contribution in [0.1, 0.15) is 39.3 Å². The van der Waals surface area contributed by atoms with Gasteiger partial charge < -0.3 is 4.74 Å². The van der Waals surface area contributed by atoms with Crippen LogP contribution in [0.4, 0.5) is 0 Å². The molecular formula is C14H19NO2. The molecule has 1 aromatic rings. The van der Waals surface area contributed by atoms with Crippen molar-refractivity contribution in [3.05, 3.63) is 30.1 Å². The number of aromatic nitrogens is 1.